The fourth-order valence-corrected chi connectivity index (χ4v) is 2.08. The predicted octanol–water partition coefficient (Wildman–Crippen LogP) is 2.96. The van der Waals surface area contributed by atoms with Crippen LogP contribution in [-0.2, 0) is 9.53 Å². The van der Waals surface area contributed by atoms with Crippen LogP contribution in [0.15, 0.2) is 42.0 Å². The zero-order chi connectivity index (χ0) is 18.8. The van der Waals surface area contributed by atoms with Crippen molar-refractivity contribution in [2.24, 2.45) is 0 Å². The third kappa shape index (κ3) is 5.23. The van der Waals surface area contributed by atoms with Crippen molar-refractivity contribution in [1.29, 1.82) is 15.8 Å². The summed E-state index contributed by atoms with van der Waals surface area (Å²) in [6, 6.07) is 12.3. The summed E-state index contributed by atoms with van der Waals surface area (Å²) in [6.45, 7) is 8.54. The topological polar surface area (TPSA) is 101 Å². The van der Waals surface area contributed by atoms with E-state index in [9.17, 15) is 10.1 Å². The quantitative estimate of drug-likeness (QED) is 0.431. The first-order valence-corrected chi connectivity index (χ1v) is 7.61. The number of carbonyl (C=O) groups is 1. The molecule has 0 saturated heterocycles. The molecule has 0 N–H and O–H groups in total. The molecular weight excluding hydrogens is 316 g/mol. The van der Waals surface area contributed by atoms with E-state index in [1.54, 1.807) is 43.3 Å². The summed E-state index contributed by atoms with van der Waals surface area (Å²) >= 11 is 0. The van der Waals surface area contributed by atoms with Gasteiger partial charge in [-0.05, 0) is 31.5 Å². The first-order chi connectivity index (χ1) is 12.0. The molecule has 1 rings (SSSR count). The molecule has 1 aromatic rings. The van der Waals surface area contributed by atoms with E-state index in [0.29, 0.717) is 24.2 Å². The van der Waals surface area contributed by atoms with Gasteiger partial charge in [0.2, 0.25) is 0 Å². The monoisotopic (exact) mass is 334 g/mol. The molecule has 0 atom stereocenters. The Morgan fingerprint density at radius 1 is 1.16 bits per heavy atom. The number of benzene rings is 1. The average molecular weight is 334 g/mol. The summed E-state index contributed by atoms with van der Waals surface area (Å²) in [5.41, 5.74) is 1.58. The standard InChI is InChI=1S/C19H18N4O2/c1-4-23(9-10-25-19(24)14(2)3)17-7-5-15(6-8-17)18(13-22)16(11-20)12-21/h5-8H,2,4,9-10H2,1,3H3. The van der Waals surface area contributed by atoms with Gasteiger partial charge in [0.05, 0.1) is 12.1 Å². The first kappa shape index (κ1) is 19.5. The molecule has 25 heavy (non-hydrogen) atoms. The van der Waals surface area contributed by atoms with Crippen LogP contribution in [0.25, 0.3) is 5.57 Å². The third-order valence-corrected chi connectivity index (χ3v) is 3.43. The number of nitrogens with zero attached hydrogens (tertiary/aromatic N) is 4. The SMILES string of the molecule is C=C(C)C(=O)OCCN(CC)c1ccc(C(C#N)=C(C#N)C#N)cc1. The Labute approximate surface area is 147 Å². The van der Waals surface area contributed by atoms with Gasteiger partial charge >= 0.3 is 5.97 Å². The summed E-state index contributed by atoms with van der Waals surface area (Å²) in [6.07, 6.45) is 0. The summed E-state index contributed by atoms with van der Waals surface area (Å²) < 4.78 is 5.09. The van der Waals surface area contributed by atoms with Crippen LogP contribution < -0.4 is 4.90 Å². The lowest BCUT2D eigenvalue weighted by Crippen LogP contribution is -2.28. The van der Waals surface area contributed by atoms with Gasteiger partial charge in [-0.15, -0.1) is 0 Å². The van der Waals surface area contributed by atoms with Gasteiger partial charge in [0, 0.05) is 17.8 Å². The molecule has 0 amide bonds. The lowest BCUT2D eigenvalue weighted by atomic mass is 10.0. The van der Waals surface area contributed by atoms with Gasteiger partial charge in [-0.2, -0.15) is 15.8 Å². The smallest absolute Gasteiger partial charge is 0.333 e. The maximum Gasteiger partial charge on any atom is 0.333 e. The van der Waals surface area contributed by atoms with Crippen molar-refractivity contribution in [3.63, 3.8) is 0 Å². The molecule has 0 unspecified atom stereocenters. The van der Waals surface area contributed by atoms with Gasteiger partial charge in [-0.1, -0.05) is 18.7 Å². The number of nitriles is 3. The van der Waals surface area contributed by atoms with Crippen molar-refractivity contribution >= 4 is 17.2 Å². The first-order valence-electron chi connectivity index (χ1n) is 7.61. The molecule has 0 aliphatic heterocycles. The Balaban J connectivity index is 2.90. The van der Waals surface area contributed by atoms with E-state index in [1.807, 2.05) is 17.9 Å². The Kier molecular flexibility index (Phi) is 7.44. The van der Waals surface area contributed by atoms with Gasteiger partial charge < -0.3 is 9.64 Å². The zero-order valence-corrected chi connectivity index (χ0v) is 14.2. The zero-order valence-electron chi connectivity index (χ0n) is 14.2. The van der Waals surface area contributed by atoms with E-state index in [2.05, 4.69) is 6.58 Å². The van der Waals surface area contributed by atoms with Crippen LogP contribution in [0.2, 0.25) is 0 Å². The van der Waals surface area contributed by atoms with Crippen LogP contribution in [-0.4, -0.2) is 25.7 Å². The van der Waals surface area contributed by atoms with Crippen molar-refractivity contribution in [2.75, 3.05) is 24.6 Å². The molecular formula is C19H18N4O2. The maximum absolute atomic E-state index is 11.4. The minimum atomic E-state index is -0.421. The molecule has 0 aromatic heterocycles. The van der Waals surface area contributed by atoms with Crippen LogP contribution in [0.4, 0.5) is 5.69 Å². The fourth-order valence-electron chi connectivity index (χ4n) is 2.08. The summed E-state index contributed by atoms with van der Waals surface area (Å²) in [5, 5.41) is 27.0. The molecule has 0 heterocycles. The van der Waals surface area contributed by atoms with Crippen LogP contribution in [0.3, 0.4) is 0 Å². The lowest BCUT2D eigenvalue weighted by molar-refractivity contribution is -0.138. The number of allylic oxidation sites excluding steroid dienone is 2. The maximum atomic E-state index is 11.4. The van der Waals surface area contributed by atoms with Gasteiger partial charge in [-0.25, -0.2) is 4.79 Å². The number of esters is 1. The fraction of sp³-hybridized carbons (Fsp3) is 0.263. The minimum Gasteiger partial charge on any atom is -0.460 e. The molecule has 6 nitrogen and oxygen atoms in total. The molecule has 0 fully saturated rings. The summed E-state index contributed by atoms with van der Waals surface area (Å²) in [4.78, 5) is 13.4. The Hall–Kier alpha value is -3.56. The van der Waals surface area contributed by atoms with E-state index in [4.69, 9.17) is 15.3 Å². The van der Waals surface area contributed by atoms with E-state index in [0.717, 1.165) is 5.69 Å². The van der Waals surface area contributed by atoms with E-state index in [1.165, 1.54) is 0 Å². The number of rotatable bonds is 7. The van der Waals surface area contributed by atoms with Crippen LogP contribution in [0.5, 0.6) is 0 Å². The van der Waals surface area contributed by atoms with Gasteiger partial charge in [0.1, 0.15) is 30.4 Å². The number of hydrogen-bond acceptors (Lipinski definition) is 6. The Morgan fingerprint density at radius 3 is 2.20 bits per heavy atom. The van der Waals surface area contributed by atoms with Gasteiger partial charge in [0.15, 0.2) is 0 Å². The lowest BCUT2D eigenvalue weighted by Gasteiger charge is -2.23. The molecule has 0 aliphatic carbocycles. The van der Waals surface area contributed by atoms with Crippen LogP contribution in [0, 0.1) is 34.0 Å². The molecule has 126 valence electrons. The van der Waals surface area contributed by atoms with Crippen LogP contribution in [0.1, 0.15) is 19.4 Å². The highest BCUT2D eigenvalue weighted by molar-refractivity contribution is 5.87. The normalized spacial score (nSPS) is 9.08. The Bertz CT molecular complexity index is 786. The number of carbonyl (C=O) groups excluding carboxylic acids is 1. The van der Waals surface area contributed by atoms with E-state index >= 15 is 0 Å². The Morgan fingerprint density at radius 2 is 1.76 bits per heavy atom. The van der Waals surface area contributed by atoms with Crippen LogP contribution >= 0.6 is 0 Å². The number of likely N-dealkylation sites (N-methyl/N-ethyl adjacent to an activating group) is 1. The molecule has 0 spiro atoms. The molecule has 6 heteroatoms. The van der Waals surface area contributed by atoms with Crippen molar-refractivity contribution in [1.82, 2.24) is 0 Å². The highest BCUT2D eigenvalue weighted by Gasteiger charge is 2.11. The van der Waals surface area contributed by atoms with Gasteiger partial charge in [-0.3, -0.25) is 0 Å². The molecule has 0 saturated carbocycles. The number of ether oxygens (including phenoxy) is 1. The predicted molar refractivity (Wildman–Crippen MR) is 93.9 cm³/mol. The highest BCUT2D eigenvalue weighted by Crippen LogP contribution is 2.22. The molecule has 1 aromatic carbocycles. The minimum absolute atomic E-state index is 0.0509. The summed E-state index contributed by atoms with van der Waals surface area (Å²) in [7, 11) is 0. The molecule has 0 radical (unpaired) electrons. The molecule has 0 aliphatic rings. The number of anilines is 1. The van der Waals surface area contributed by atoms with Crippen molar-refractivity contribution in [3.05, 3.63) is 47.6 Å². The largest absolute Gasteiger partial charge is 0.460 e. The highest BCUT2D eigenvalue weighted by atomic mass is 16.5. The molecule has 0 bridgehead atoms. The van der Waals surface area contributed by atoms with E-state index in [-0.39, 0.29) is 17.8 Å². The van der Waals surface area contributed by atoms with E-state index < -0.39 is 5.97 Å². The number of hydrogen-bond donors (Lipinski definition) is 0. The second-order valence-electron chi connectivity index (χ2n) is 5.13. The summed E-state index contributed by atoms with van der Waals surface area (Å²) in [5.74, 6) is -0.421. The van der Waals surface area contributed by atoms with Crippen molar-refractivity contribution in [3.8, 4) is 18.2 Å². The van der Waals surface area contributed by atoms with Crippen molar-refractivity contribution < 1.29 is 9.53 Å². The van der Waals surface area contributed by atoms with Crippen molar-refractivity contribution in [2.45, 2.75) is 13.8 Å². The van der Waals surface area contributed by atoms with Gasteiger partial charge in [0.25, 0.3) is 0 Å². The second-order valence-corrected chi connectivity index (χ2v) is 5.13. The third-order valence-electron chi connectivity index (χ3n) is 3.43. The second kappa shape index (κ2) is 9.55. The average Bonchev–Trinajstić information content (AvgIpc) is 2.63.